The highest BCUT2D eigenvalue weighted by molar-refractivity contribution is 7.90. The maximum Gasteiger partial charge on any atom is 0.228 e. The third-order valence-electron chi connectivity index (χ3n) is 2.18. The summed E-state index contributed by atoms with van der Waals surface area (Å²) in [4.78, 5) is 0. The highest BCUT2D eigenvalue weighted by Crippen LogP contribution is 2.20. The van der Waals surface area contributed by atoms with Gasteiger partial charge in [-0.25, -0.2) is 12.7 Å². The van der Waals surface area contributed by atoms with E-state index in [0.29, 0.717) is 25.6 Å². The topological polar surface area (TPSA) is 46.6 Å². The summed E-state index contributed by atoms with van der Waals surface area (Å²) in [7, 11) is -1.58. The van der Waals surface area contributed by atoms with Gasteiger partial charge in [0.1, 0.15) is 5.21 Å². The minimum Gasteiger partial charge on any atom is -0.384 e. The van der Waals surface area contributed by atoms with Gasteiger partial charge in [0, 0.05) is 20.2 Å². The Balaban J connectivity index is 2.50. The first kappa shape index (κ1) is 11.2. The Morgan fingerprint density at radius 1 is 1.62 bits per heavy atom. The second kappa shape index (κ2) is 4.59. The van der Waals surface area contributed by atoms with Crippen molar-refractivity contribution in [2.45, 2.75) is 6.42 Å². The molecule has 4 nitrogen and oxygen atoms in total. The van der Waals surface area contributed by atoms with E-state index in [-0.39, 0.29) is 5.21 Å². The maximum atomic E-state index is 11.3. The van der Waals surface area contributed by atoms with Crippen LogP contribution < -0.4 is 0 Å². The number of hydrogen-bond donors (Lipinski definition) is 0. The predicted molar refractivity (Wildman–Crippen MR) is 51.2 cm³/mol. The number of rotatable bonds is 4. The van der Waals surface area contributed by atoms with Crippen LogP contribution in [0.25, 0.3) is 0 Å². The minimum absolute atomic E-state index is 0.322. The van der Waals surface area contributed by atoms with Crippen molar-refractivity contribution in [2.75, 3.05) is 32.0 Å². The molecule has 1 atom stereocenters. The van der Waals surface area contributed by atoms with E-state index in [0.717, 1.165) is 6.42 Å². The molecular weight excluding hydrogens is 214 g/mol. The third-order valence-corrected chi connectivity index (χ3v) is 4.40. The van der Waals surface area contributed by atoms with Crippen molar-refractivity contribution in [1.82, 2.24) is 4.31 Å². The highest BCUT2D eigenvalue weighted by atomic mass is 35.5. The van der Waals surface area contributed by atoms with E-state index in [4.69, 9.17) is 16.3 Å². The molecule has 1 unspecified atom stereocenters. The van der Waals surface area contributed by atoms with Crippen molar-refractivity contribution in [3.63, 3.8) is 0 Å². The van der Waals surface area contributed by atoms with Crippen LogP contribution in [-0.4, -0.2) is 44.7 Å². The van der Waals surface area contributed by atoms with Gasteiger partial charge in [0.05, 0.1) is 6.61 Å². The fourth-order valence-corrected chi connectivity index (χ4v) is 2.86. The summed E-state index contributed by atoms with van der Waals surface area (Å²) in [6.45, 7) is 1.74. The molecule has 1 aliphatic heterocycles. The number of alkyl halides is 1. The summed E-state index contributed by atoms with van der Waals surface area (Å²) in [5.41, 5.74) is 0. The quantitative estimate of drug-likeness (QED) is 0.657. The Kier molecular flexibility index (Phi) is 3.97. The predicted octanol–water partition coefficient (Wildman–Crippen LogP) is 0.481. The fraction of sp³-hybridized carbons (Fsp3) is 1.00. The molecule has 1 heterocycles. The first-order valence-corrected chi connectivity index (χ1v) is 6.27. The van der Waals surface area contributed by atoms with Crippen LogP contribution in [-0.2, 0) is 14.8 Å². The zero-order valence-corrected chi connectivity index (χ0v) is 9.14. The zero-order valence-electron chi connectivity index (χ0n) is 7.57. The van der Waals surface area contributed by atoms with Gasteiger partial charge in [-0.1, -0.05) is 0 Å². The number of sulfonamides is 1. The molecular formula is C7H14ClNO3S. The molecule has 0 saturated carbocycles. The number of nitrogens with zero attached hydrogens (tertiary/aromatic N) is 1. The van der Waals surface area contributed by atoms with Gasteiger partial charge in [-0.05, 0) is 12.3 Å². The van der Waals surface area contributed by atoms with Crippen molar-refractivity contribution < 1.29 is 13.2 Å². The molecule has 1 aliphatic rings. The lowest BCUT2D eigenvalue weighted by Gasteiger charge is -2.13. The van der Waals surface area contributed by atoms with Crippen LogP contribution in [0.2, 0.25) is 0 Å². The molecule has 0 aliphatic carbocycles. The number of halogens is 1. The van der Waals surface area contributed by atoms with Crippen LogP contribution in [0.1, 0.15) is 6.42 Å². The lowest BCUT2D eigenvalue weighted by Crippen LogP contribution is -2.30. The second-order valence-electron chi connectivity index (χ2n) is 3.19. The molecule has 78 valence electrons. The van der Waals surface area contributed by atoms with Gasteiger partial charge in [0.2, 0.25) is 10.0 Å². The third kappa shape index (κ3) is 2.80. The molecule has 1 fully saturated rings. The highest BCUT2D eigenvalue weighted by Gasteiger charge is 2.30. The van der Waals surface area contributed by atoms with Crippen LogP contribution in [0.5, 0.6) is 0 Å². The van der Waals surface area contributed by atoms with Crippen LogP contribution in [0.3, 0.4) is 0 Å². The molecule has 0 aromatic carbocycles. The average molecular weight is 228 g/mol. The Labute approximate surface area is 83.9 Å². The van der Waals surface area contributed by atoms with E-state index in [2.05, 4.69) is 0 Å². The summed E-state index contributed by atoms with van der Waals surface area (Å²) >= 11 is 5.34. The first-order valence-electron chi connectivity index (χ1n) is 4.13. The van der Waals surface area contributed by atoms with Gasteiger partial charge in [0.15, 0.2) is 0 Å². The summed E-state index contributed by atoms with van der Waals surface area (Å²) in [5.74, 6) is 0.322. The Bertz CT molecular complexity index is 254. The van der Waals surface area contributed by atoms with Crippen molar-refractivity contribution in [1.29, 1.82) is 0 Å². The van der Waals surface area contributed by atoms with Crippen molar-refractivity contribution in [3.05, 3.63) is 0 Å². The van der Waals surface area contributed by atoms with E-state index in [1.165, 1.54) is 4.31 Å². The van der Waals surface area contributed by atoms with Gasteiger partial charge in [-0.2, -0.15) is 0 Å². The van der Waals surface area contributed by atoms with Crippen LogP contribution in [0.4, 0.5) is 0 Å². The Morgan fingerprint density at radius 3 is 2.85 bits per heavy atom. The van der Waals surface area contributed by atoms with Crippen molar-refractivity contribution in [3.8, 4) is 0 Å². The van der Waals surface area contributed by atoms with E-state index >= 15 is 0 Å². The molecule has 0 spiro atoms. The van der Waals surface area contributed by atoms with E-state index in [9.17, 15) is 8.42 Å². The molecule has 0 aromatic heterocycles. The van der Waals surface area contributed by atoms with Crippen LogP contribution >= 0.6 is 11.6 Å². The molecule has 1 rings (SSSR count). The zero-order chi connectivity index (χ0) is 9.90. The number of ether oxygens (including phenoxy) is 1. The van der Waals surface area contributed by atoms with Gasteiger partial charge in [-0.3, -0.25) is 0 Å². The molecule has 0 amide bonds. The second-order valence-corrected chi connectivity index (χ2v) is 5.74. The molecule has 1 saturated heterocycles. The number of methoxy groups -OCH3 is 1. The van der Waals surface area contributed by atoms with E-state index in [1.807, 2.05) is 0 Å². The van der Waals surface area contributed by atoms with Crippen molar-refractivity contribution >= 4 is 21.6 Å². The number of hydrogen-bond acceptors (Lipinski definition) is 3. The Hall–Kier alpha value is 0.160. The normalized spacial score (nSPS) is 25.2. The molecule has 0 radical (unpaired) electrons. The maximum absolute atomic E-state index is 11.3. The minimum atomic E-state index is -3.21. The summed E-state index contributed by atoms with van der Waals surface area (Å²) in [5, 5.41) is -0.327. The summed E-state index contributed by atoms with van der Waals surface area (Å²) in [6, 6.07) is 0. The molecule has 0 N–H and O–H groups in total. The molecule has 0 aromatic rings. The average Bonchev–Trinajstić information content (AvgIpc) is 2.54. The summed E-state index contributed by atoms with van der Waals surface area (Å²) in [6.07, 6.45) is 0.865. The largest absolute Gasteiger partial charge is 0.384 e. The molecule has 13 heavy (non-hydrogen) atoms. The van der Waals surface area contributed by atoms with E-state index in [1.54, 1.807) is 7.11 Å². The van der Waals surface area contributed by atoms with Crippen LogP contribution in [0.15, 0.2) is 0 Å². The fourth-order valence-electron chi connectivity index (χ4n) is 1.49. The monoisotopic (exact) mass is 227 g/mol. The summed E-state index contributed by atoms with van der Waals surface area (Å²) < 4.78 is 29.0. The lowest BCUT2D eigenvalue weighted by molar-refractivity contribution is 0.157. The Morgan fingerprint density at radius 2 is 2.31 bits per heavy atom. The van der Waals surface area contributed by atoms with Crippen molar-refractivity contribution in [2.24, 2.45) is 5.92 Å². The first-order chi connectivity index (χ1) is 6.10. The SMILES string of the molecule is COCC1CCN(S(=O)(=O)CCl)C1. The van der Waals surface area contributed by atoms with Gasteiger partial charge >= 0.3 is 0 Å². The molecule has 6 heteroatoms. The lowest BCUT2D eigenvalue weighted by atomic mass is 10.1. The van der Waals surface area contributed by atoms with Crippen LogP contribution in [0, 0.1) is 5.92 Å². The standard InChI is InChI=1S/C7H14ClNO3S/c1-12-5-7-2-3-9(4-7)13(10,11)6-8/h7H,2-6H2,1H3. The van der Waals surface area contributed by atoms with Gasteiger partial charge in [0.25, 0.3) is 0 Å². The van der Waals surface area contributed by atoms with E-state index < -0.39 is 10.0 Å². The van der Waals surface area contributed by atoms with Gasteiger partial charge in [-0.15, -0.1) is 11.6 Å². The molecule has 0 bridgehead atoms. The van der Waals surface area contributed by atoms with Gasteiger partial charge < -0.3 is 4.74 Å². The smallest absolute Gasteiger partial charge is 0.228 e.